The van der Waals surface area contributed by atoms with Crippen LogP contribution < -0.4 is 10.6 Å². The van der Waals surface area contributed by atoms with Gasteiger partial charge in [0.25, 0.3) is 0 Å². The number of amides is 1. The summed E-state index contributed by atoms with van der Waals surface area (Å²) >= 11 is 0. The second-order valence-corrected chi connectivity index (χ2v) is 7.63. The molecule has 2 aromatic rings. The largest absolute Gasteiger partial charge is 0.467 e. The quantitative estimate of drug-likeness (QED) is 0.524. The van der Waals surface area contributed by atoms with Crippen LogP contribution in [0.25, 0.3) is 0 Å². The average Bonchev–Trinajstić information content (AvgIpc) is 2.76. The zero-order chi connectivity index (χ0) is 21.8. The second-order valence-electron chi connectivity index (χ2n) is 7.63. The van der Waals surface area contributed by atoms with Gasteiger partial charge in [-0.1, -0.05) is 74.5 Å². The van der Waals surface area contributed by atoms with Gasteiger partial charge in [-0.3, -0.25) is 10.1 Å². The number of hydrogen-bond donors (Lipinski definition) is 2. The lowest BCUT2D eigenvalue weighted by atomic mass is 10.0. The Morgan fingerprint density at radius 3 is 2.07 bits per heavy atom. The van der Waals surface area contributed by atoms with E-state index in [1.54, 1.807) is 0 Å². The Hall–Kier alpha value is -2.70. The van der Waals surface area contributed by atoms with Crippen molar-refractivity contribution >= 4 is 11.9 Å². The van der Waals surface area contributed by atoms with Crippen molar-refractivity contribution in [2.45, 2.75) is 45.5 Å². The highest BCUT2D eigenvalue weighted by Crippen LogP contribution is 2.08. The molecule has 2 atom stereocenters. The predicted molar refractivity (Wildman–Crippen MR) is 117 cm³/mol. The van der Waals surface area contributed by atoms with E-state index in [1.807, 2.05) is 74.5 Å². The molecular formula is C24H32N2O4. The number of benzene rings is 2. The van der Waals surface area contributed by atoms with Crippen LogP contribution in [-0.2, 0) is 32.2 Å². The van der Waals surface area contributed by atoms with Crippen LogP contribution in [0.2, 0.25) is 0 Å². The first-order valence-corrected chi connectivity index (χ1v) is 10.3. The Labute approximate surface area is 179 Å². The average molecular weight is 413 g/mol. The molecule has 162 valence electrons. The summed E-state index contributed by atoms with van der Waals surface area (Å²) in [5, 5.41) is 6.08. The van der Waals surface area contributed by atoms with Gasteiger partial charge in [-0.2, -0.15) is 0 Å². The Bertz CT molecular complexity index is 765. The van der Waals surface area contributed by atoms with E-state index < -0.39 is 18.1 Å². The van der Waals surface area contributed by atoms with E-state index in [-0.39, 0.29) is 18.4 Å². The molecule has 0 saturated heterocycles. The molecule has 0 unspecified atom stereocenters. The normalized spacial score (nSPS) is 12.9. The molecular weight excluding hydrogens is 380 g/mol. The van der Waals surface area contributed by atoms with Crippen molar-refractivity contribution in [3.8, 4) is 0 Å². The van der Waals surface area contributed by atoms with Crippen LogP contribution in [0.4, 0.5) is 0 Å². The zero-order valence-corrected chi connectivity index (χ0v) is 18.0. The van der Waals surface area contributed by atoms with E-state index in [4.69, 9.17) is 9.47 Å². The fraction of sp³-hybridized carbons (Fsp3) is 0.417. The third-order valence-corrected chi connectivity index (χ3v) is 4.62. The SMILES string of the molecule is COC(=O)[C@@H](CC(C)C)NC(=O)[C@H](COCc1ccccc1)NCc1ccccc1. The van der Waals surface area contributed by atoms with Crippen molar-refractivity contribution in [1.82, 2.24) is 10.6 Å². The molecule has 0 radical (unpaired) electrons. The lowest BCUT2D eigenvalue weighted by molar-refractivity contribution is -0.146. The van der Waals surface area contributed by atoms with Crippen LogP contribution in [0.15, 0.2) is 60.7 Å². The molecule has 6 nitrogen and oxygen atoms in total. The molecule has 2 N–H and O–H groups in total. The molecule has 0 heterocycles. The number of ether oxygens (including phenoxy) is 2. The third-order valence-electron chi connectivity index (χ3n) is 4.62. The van der Waals surface area contributed by atoms with Crippen LogP contribution in [0.1, 0.15) is 31.4 Å². The zero-order valence-electron chi connectivity index (χ0n) is 18.0. The maximum Gasteiger partial charge on any atom is 0.328 e. The first kappa shape index (κ1) is 23.6. The monoisotopic (exact) mass is 412 g/mol. The number of methoxy groups -OCH3 is 1. The van der Waals surface area contributed by atoms with E-state index >= 15 is 0 Å². The fourth-order valence-corrected chi connectivity index (χ4v) is 3.03. The maximum absolute atomic E-state index is 13.0. The minimum absolute atomic E-state index is 0.184. The molecule has 0 bridgehead atoms. The van der Waals surface area contributed by atoms with Gasteiger partial charge in [-0.25, -0.2) is 4.79 Å². The highest BCUT2D eigenvalue weighted by Gasteiger charge is 2.27. The van der Waals surface area contributed by atoms with Crippen molar-refractivity contribution in [2.24, 2.45) is 5.92 Å². The highest BCUT2D eigenvalue weighted by atomic mass is 16.5. The summed E-state index contributed by atoms with van der Waals surface area (Å²) in [4.78, 5) is 25.1. The van der Waals surface area contributed by atoms with Crippen LogP contribution in [0, 0.1) is 5.92 Å². The van der Waals surface area contributed by atoms with Crippen LogP contribution in [0.3, 0.4) is 0 Å². The lowest BCUT2D eigenvalue weighted by Crippen LogP contribution is -2.52. The number of nitrogens with one attached hydrogen (secondary N) is 2. The summed E-state index contributed by atoms with van der Waals surface area (Å²) in [7, 11) is 1.33. The smallest absolute Gasteiger partial charge is 0.328 e. The van der Waals surface area contributed by atoms with E-state index in [9.17, 15) is 9.59 Å². The van der Waals surface area contributed by atoms with Crippen LogP contribution >= 0.6 is 0 Å². The van der Waals surface area contributed by atoms with Gasteiger partial charge in [0.15, 0.2) is 0 Å². The summed E-state index contributed by atoms with van der Waals surface area (Å²) < 4.78 is 10.7. The Balaban J connectivity index is 2.01. The van der Waals surface area contributed by atoms with E-state index in [2.05, 4.69) is 10.6 Å². The molecule has 0 aromatic heterocycles. The predicted octanol–water partition coefficient (Wildman–Crippen LogP) is 3.07. The number of carbonyl (C=O) groups is 2. The number of rotatable bonds is 12. The summed E-state index contributed by atoms with van der Waals surface area (Å²) in [5.74, 6) is -0.487. The minimum atomic E-state index is -0.683. The Morgan fingerprint density at radius 2 is 1.50 bits per heavy atom. The van der Waals surface area contributed by atoms with Gasteiger partial charge < -0.3 is 14.8 Å². The van der Waals surface area contributed by atoms with Gasteiger partial charge in [0.2, 0.25) is 5.91 Å². The third kappa shape index (κ3) is 8.35. The topological polar surface area (TPSA) is 76.7 Å². The molecule has 0 spiro atoms. The van der Waals surface area contributed by atoms with Gasteiger partial charge in [-0.05, 0) is 23.5 Å². The van der Waals surface area contributed by atoms with Crippen molar-refractivity contribution in [1.29, 1.82) is 0 Å². The number of esters is 1. The molecule has 0 aliphatic heterocycles. The van der Waals surface area contributed by atoms with Crippen molar-refractivity contribution in [2.75, 3.05) is 13.7 Å². The van der Waals surface area contributed by atoms with Crippen molar-refractivity contribution < 1.29 is 19.1 Å². The standard InChI is InChI=1S/C24H32N2O4/c1-18(2)14-21(24(28)29-3)26-23(27)22(25-15-19-10-6-4-7-11-19)17-30-16-20-12-8-5-9-13-20/h4-13,18,21-22,25H,14-17H2,1-3H3,(H,26,27)/t21-,22+/m1/s1. The first-order chi connectivity index (χ1) is 14.5. The van der Waals surface area contributed by atoms with Gasteiger partial charge >= 0.3 is 5.97 Å². The lowest BCUT2D eigenvalue weighted by Gasteiger charge is -2.23. The van der Waals surface area contributed by atoms with E-state index in [0.29, 0.717) is 19.6 Å². The summed E-state index contributed by atoms with van der Waals surface area (Å²) in [6.45, 7) is 5.10. The van der Waals surface area contributed by atoms with E-state index in [1.165, 1.54) is 7.11 Å². The summed E-state index contributed by atoms with van der Waals surface area (Å²) in [5.41, 5.74) is 2.09. The molecule has 1 amide bonds. The molecule has 30 heavy (non-hydrogen) atoms. The molecule has 0 fully saturated rings. The van der Waals surface area contributed by atoms with Gasteiger partial charge in [0.1, 0.15) is 12.1 Å². The van der Waals surface area contributed by atoms with Gasteiger partial charge in [0, 0.05) is 6.54 Å². The molecule has 2 rings (SSSR count). The molecule has 0 saturated carbocycles. The minimum Gasteiger partial charge on any atom is -0.467 e. The Morgan fingerprint density at radius 1 is 0.900 bits per heavy atom. The number of carbonyl (C=O) groups excluding carboxylic acids is 2. The van der Waals surface area contributed by atoms with Gasteiger partial charge in [0.05, 0.1) is 20.3 Å². The van der Waals surface area contributed by atoms with Crippen LogP contribution in [0.5, 0.6) is 0 Å². The second kappa shape index (κ2) is 12.8. The first-order valence-electron chi connectivity index (χ1n) is 10.3. The number of hydrogen-bond acceptors (Lipinski definition) is 5. The summed E-state index contributed by atoms with van der Waals surface area (Å²) in [6, 6.07) is 18.3. The summed E-state index contributed by atoms with van der Waals surface area (Å²) in [6.07, 6.45) is 0.509. The van der Waals surface area contributed by atoms with Gasteiger partial charge in [-0.15, -0.1) is 0 Å². The fourth-order valence-electron chi connectivity index (χ4n) is 3.03. The van der Waals surface area contributed by atoms with Crippen LogP contribution in [-0.4, -0.2) is 37.7 Å². The molecule has 6 heteroatoms. The molecule has 0 aliphatic rings. The molecule has 2 aromatic carbocycles. The molecule has 0 aliphatic carbocycles. The highest BCUT2D eigenvalue weighted by molar-refractivity contribution is 5.87. The van der Waals surface area contributed by atoms with Crippen molar-refractivity contribution in [3.63, 3.8) is 0 Å². The Kier molecular flexibility index (Phi) is 10.0. The van der Waals surface area contributed by atoms with E-state index in [0.717, 1.165) is 11.1 Å². The van der Waals surface area contributed by atoms with Crippen molar-refractivity contribution in [3.05, 3.63) is 71.8 Å². The maximum atomic E-state index is 13.0.